The van der Waals surface area contributed by atoms with Crippen LogP contribution in [0.1, 0.15) is 51.0 Å². The van der Waals surface area contributed by atoms with Gasteiger partial charge in [-0.25, -0.2) is 13.2 Å². The number of sulfonamides is 1. The van der Waals surface area contributed by atoms with Gasteiger partial charge in [-0.2, -0.15) is 4.31 Å². The quantitative estimate of drug-likeness (QED) is 0.755. The largest absolute Gasteiger partial charge is 0.477 e. The van der Waals surface area contributed by atoms with E-state index in [4.69, 9.17) is 5.11 Å². The van der Waals surface area contributed by atoms with Gasteiger partial charge in [-0.15, -0.1) is 0 Å². The van der Waals surface area contributed by atoms with Crippen LogP contribution in [0.2, 0.25) is 0 Å². The lowest BCUT2D eigenvalue weighted by molar-refractivity contribution is 0.0685. The van der Waals surface area contributed by atoms with Crippen LogP contribution in [0.4, 0.5) is 0 Å². The fourth-order valence-corrected chi connectivity index (χ4v) is 4.01. The van der Waals surface area contributed by atoms with Gasteiger partial charge in [-0.3, -0.25) is 0 Å². The van der Waals surface area contributed by atoms with Gasteiger partial charge in [0.1, 0.15) is 10.6 Å². The second kappa shape index (κ2) is 7.78. The molecule has 0 aromatic carbocycles. The van der Waals surface area contributed by atoms with Gasteiger partial charge in [-0.05, 0) is 18.9 Å². The van der Waals surface area contributed by atoms with Crippen LogP contribution in [0.3, 0.4) is 0 Å². The first-order chi connectivity index (χ1) is 10.3. The molecule has 0 unspecified atom stereocenters. The summed E-state index contributed by atoms with van der Waals surface area (Å²) in [6.45, 7) is 8.93. The standard InChI is InChI=1S/C15H26N2O4S/c1-5-12(6-2)10-17(8-4)22(20,21)13-9-14(15(18)19)16(7-3)11-13/h9,11-12H,5-8,10H2,1-4H3,(H,18,19). The van der Waals surface area contributed by atoms with Crippen molar-refractivity contribution in [1.82, 2.24) is 8.87 Å². The van der Waals surface area contributed by atoms with E-state index in [2.05, 4.69) is 0 Å². The van der Waals surface area contributed by atoms with Crippen molar-refractivity contribution in [3.05, 3.63) is 18.0 Å². The highest BCUT2D eigenvalue weighted by Gasteiger charge is 2.28. The van der Waals surface area contributed by atoms with Gasteiger partial charge in [0.2, 0.25) is 10.0 Å². The summed E-state index contributed by atoms with van der Waals surface area (Å²) in [7, 11) is -3.66. The Morgan fingerprint density at radius 3 is 2.23 bits per heavy atom. The van der Waals surface area contributed by atoms with Crippen molar-refractivity contribution < 1.29 is 18.3 Å². The number of hydrogen-bond donors (Lipinski definition) is 1. The SMILES string of the molecule is CCC(CC)CN(CC)S(=O)(=O)c1cc(C(=O)O)n(CC)c1. The zero-order valence-corrected chi connectivity index (χ0v) is 14.6. The monoisotopic (exact) mass is 330 g/mol. The zero-order chi connectivity index (χ0) is 16.9. The summed E-state index contributed by atoms with van der Waals surface area (Å²) in [4.78, 5) is 11.3. The number of aryl methyl sites for hydroxylation is 1. The molecule has 1 aromatic heterocycles. The number of rotatable bonds is 9. The number of carboxylic acids is 1. The molecule has 0 aliphatic heterocycles. The van der Waals surface area contributed by atoms with Gasteiger partial charge < -0.3 is 9.67 Å². The number of carbonyl (C=O) groups is 1. The van der Waals surface area contributed by atoms with E-state index in [9.17, 15) is 13.2 Å². The van der Waals surface area contributed by atoms with Crippen LogP contribution >= 0.6 is 0 Å². The van der Waals surface area contributed by atoms with Gasteiger partial charge in [0.05, 0.1) is 0 Å². The average molecular weight is 330 g/mol. The Bertz CT molecular complexity index is 603. The van der Waals surface area contributed by atoms with Gasteiger partial charge in [-0.1, -0.05) is 33.6 Å². The molecule has 1 aromatic rings. The molecule has 0 atom stereocenters. The summed E-state index contributed by atoms with van der Waals surface area (Å²) < 4.78 is 28.4. The average Bonchev–Trinajstić information content (AvgIpc) is 2.93. The fraction of sp³-hybridized carbons (Fsp3) is 0.667. The molecule has 22 heavy (non-hydrogen) atoms. The molecular weight excluding hydrogens is 304 g/mol. The third-order valence-corrected chi connectivity index (χ3v) is 5.94. The van der Waals surface area contributed by atoms with E-state index in [1.165, 1.54) is 21.1 Å². The molecule has 1 heterocycles. The number of carboxylic acid groups (broad SMARTS) is 1. The van der Waals surface area contributed by atoms with E-state index in [1.54, 1.807) is 13.8 Å². The Labute approximate surface area is 132 Å². The Kier molecular flexibility index (Phi) is 6.62. The van der Waals surface area contributed by atoms with Crippen molar-refractivity contribution in [2.24, 2.45) is 5.92 Å². The van der Waals surface area contributed by atoms with Crippen LogP contribution in [0, 0.1) is 5.92 Å². The predicted molar refractivity (Wildman–Crippen MR) is 85.6 cm³/mol. The number of hydrogen-bond acceptors (Lipinski definition) is 3. The lowest BCUT2D eigenvalue weighted by atomic mass is 10.0. The molecule has 0 saturated carbocycles. The molecule has 0 aliphatic rings. The minimum atomic E-state index is -3.66. The summed E-state index contributed by atoms with van der Waals surface area (Å²) in [6.07, 6.45) is 3.24. The highest BCUT2D eigenvalue weighted by molar-refractivity contribution is 7.89. The molecule has 0 saturated heterocycles. The Hall–Kier alpha value is -1.34. The summed E-state index contributed by atoms with van der Waals surface area (Å²) in [5.41, 5.74) is -0.000314. The Balaban J connectivity index is 3.18. The Morgan fingerprint density at radius 1 is 1.27 bits per heavy atom. The number of aromatic carboxylic acids is 1. The van der Waals surface area contributed by atoms with Crippen molar-refractivity contribution >= 4 is 16.0 Å². The highest BCUT2D eigenvalue weighted by atomic mass is 32.2. The van der Waals surface area contributed by atoms with E-state index in [1.807, 2.05) is 13.8 Å². The van der Waals surface area contributed by atoms with E-state index < -0.39 is 16.0 Å². The maximum Gasteiger partial charge on any atom is 0.352 e. The van der Waals surface area contributed by atoms with Crippen LogP contribution in [-0.2, 0) is 16.6 Å². The molecule has 126 valence electrons. The summed E-state index contributed by atoms with van der Waals surface area (Å²) >= 11 is 0. The van der Waals surface area contributed by atoms with E-state index in [0.29, 0.717) is 25.6 Å². The highest BCUT2D eigenvalue weighted by Crippen LogP contribution is 2.22. The van der Waals surface area contributed by atoms with Crippen LogP contribution < -0.4 is 0 Å². The molecule has 0 fully saturated rings. The van der Waals surface area contributed by atoms with Crippen molar-refractivity contribution in [3.8, 4) is 0 Å². The third-order valence-electron chi connectivity index (χ3n) is 4.04. The van der Waals surface area contributed by atoms with Crippen LogP contribution in [0.25, 0.3) is 0 Å². The minimum Gasteiger partial charge on any atom is -0.477 e. The van der Waals surface area contributed by atoms with Crippen molar-refractivity contribution in [2.75, 3.05) is 13.1 Å². The molecule has 7 heteroatoms. The first-order valence-electron chi connectivity index (χ1n) is 7.75. The number of aromatic nitrogens is 1. The third kappa shape index (κ3) is 3.89. The molecule has 0 aliphatic carbocycles. The van der Waals surface area contributed by atoms with Crippen molar-refractivity contribution in [3.63, 3.8) is 0 Å². The van der Waals surface area contributed by atoms with Crippen LogP contribution in [0.5, 0.6) is 0 Å². The molecule has 1 N–H and O–H groups in total. The summed E-state index contributed by atoms with van der Waals surface area (Å²) in [5.74, 6) is -0.812. The molecule has 0 bridgehead atoms. The van der Waals surface area contributed by atoms with E-state index in [0.717, 1.165) is 12.8 Å². The second-order valence-corrected chi connectivity index (χ2v) is 7.23. The summed E-state index contributed by atoms with van der Waals surface area (Å²) in [5, 5.41) is 9.16. The minimum absolute atomic E-state index is 0.000314. The number of nitrogens with zero attached hydrogens (tertiary/aromatic N) is 2. The summed E-state index contributed by atoms with van der Waals surface area (Å²) in [6, 6.07) is 1.25. The molecule has 0 spiro atoms. The van der Waals surface area contributed by atoms with Crippen LogP contribution in [0.15, 0.2) is 17.2 Å². The lowest BCUT2D eigenvalue weighted by Gasteiger charge is -2.24. The van der Waals surface area contributed by atoms with Gasteiger partial charge in [0.25, 0.3) is 0 Å². The normalized spacial score (nSPS) is 12.3. The molecular formula is C15H26N2O4S. The van der Waals surface area contributed by atoms with Gasteiger partial charge >= 0.3 is 5.97 Å². The fourth-order valence-electron chi connectivity index (χ4n) is 2.45. The predicted octanol–water partition coefficient (Wildman–Crippen LogP) is 2.65. The second-order valence-electron chi connectivity index (χ2n) is 5.29. The van der Waals surface area contributed by atoms with E-state index >= 15 is 0 Å². The molecule has 0 radical (unpaired) electrons. The van der Waals surface area contributed by atoms with Crippen molar-refractivity contribution in [1.29, 1.82) is 0 Å². The first kappa shape index (κ1) is 18.7. The maximum atomic E-state index is 12.8. The smallest absolute Gasteiger partial charge is 0.352 e. The molecule has 1 rings (SSSR count). The van der Waals surface area contributed by atoms with Gasteiger partial charge in [0, 0.05) is 25.8 Å². The topological polar surface area (TPSA) is 79.6 Å². The lowest BCUT2D eigenvalue weighted by Crippen LogP contribution is -2.35. The van der Waals surface area contributed by atoms with Gasteiger partial charge in [0.15, 0.2) is 0 Å². The molecule has 6 nitrogen and oxygen atoms in total. The van der Waals surface area contributed by atoms with Crippen molar-refractivity contribution in [2.45, 2.75) is 52.0 Å². The maximum absolute atomic E-state index is 12.8. The Morgan fingerprint density at radius 2 is 1.86 bits per heavy atom. The van der Waals surface area contributed by atoms with E-state index in [-0.39, 0.29) is 10.6 Å². The molecule has 0 amide bonds. The first-order valence-corrected chi connectivity index (χ1v) is 9.19. The zero-order valence-electron chi connectivity index (χ0n) is 13.7. The van der Waals surface area contributed by atoms with Crippen LogP contribution in [-0.4, -0.2) is 41.5 Å².